The molecule has 2 aliphatic carbocycles. The minimum absolute atomic E-state index is 0.0458. The topological polar surface area (TPSA) is 38.7 Å². The van der Waals surface area contributed by atoms with Crippen molar-refractivity contribution >= 4 is 8.07 Å². The fourth-order valence-corrected chi connectivity index (χ4v) is 3.99. The molecule has 0 atom stereocenters. The normalized spacial score (nSPS) is 35.4. The number of aliphatic hydroxyl groups is 1. The molecule has 0 unspecified atom stereocenters. The molecular formula is C15H30O3Si. The van der Waals surface area contributed by atoms with Gasteiger partial charge in [-0.15, -0.1) is 0 Å². The van der Waals surface area contributed by atoms with E-state index in [2.05, 4.69) is 19.6 Å². The maximum atomic E-state index is 9.55. The zero-order valence-electron chi connectivity index (χ0n) is 12.8. The Bertz CT molecular complexity index is 272. The Morgan fingerprint density at radius 2 is 1.79 bits per heavy atom. The number of hydrogen-bond acceptors (Lipinski definition) is 3. The van der Waals surface area contributed by atoms with Crippen LogP contribution >= 0.6 is 0 Å². The van der Waals surface area contributed by atoms with Crippen LogP contribution < -0.4 is 0 Å². The van der Waals surface area contributed by atoms with E-state index < -0.39 is 8.07 Å². The zero-order valence-corrected chi connectivity index (χ0v) is 13.8. The van der Waals surface area contributed by atoms with Gasteiger partial charge in [-0.25, -0.2) is 0 Å². The van der Waals surface area contributed by atoms with Gasteiger partial charge in [-0.05, 0) is 50.0 Å². The van der Waals surface area contributed by atoms with Crippen LogP contribution in [0.2, 0.25) is 25.7 Å². The van der Waals surface area contributed by atoms with Crippen LogP contribution in [-0.2, 0) is 9.47 Å². The largest absolute Gasteiger partial charge is 0.393 e. The van der Waals surface area contributed by atoms with E-state index in [1.54, 1.807) is 0 Å². The van der Waals surface area contributed by atoms with Crippen LogP contribution in [0.5, 0.6) is 0 Å². The molecule has 0 saturated heterocycles. The molecule has 1 spiro atoms. The molecule has 3 nitrogen and oxygen atoms in total. The third-order valence-corrected chi connectivity index (χ3v) is 6.42. The van der Waals surface area contributed by atoms with E-state index >= 15 is 0 Å². The lowest BCUT2D eigenvalue weighted by Crippen LogP contribution is -2.45. The Morgan fingerprint density at radius 1 is 1.16 bits per heavy atom. The van der Waals surface area contributed by atoms with E-state index in [9.17, 15) is 5.11 Å². The van der Waals surface area contributed by atoms with E-state index in [0.717, 1.165) is 19.4 Å². The molecule has 0 radical (unpaired) electrons. The Hall–Kier alpha value is 0.0969. The van der Waals surface area contributed by atoms with Gasteiger partial charge >= 0.3 is 0 Å². The van der Waals surface area contributed by atoms with Crippen molar-refractivity contribution in [3.63, 3.8) is 0 Å². The standard InChI is InChI=1S/C15H30O3Si/c1-19(2,3)9-8-17-12-18-14-10-15(11-14)6-4-13(16)5-7-15/h13-14,16H,4-12H2,1-3H3. The van der Waals surface area contributed by atoms with Gasteiger partial charge in [0.05, 0.1) is 12.2 Å². The van der Waals surface area contributed by atoms with E-state index in [4.69, 9.17) is 9.47 Å². The predicted octanol–water partition coefficient (Wildman–Crippen LogP) is 3.40. The minimum atomic E-state index is -0.971. The fourth-order valence-electron chi connectivity index (χ4n) is 3.23. The first kappa shape index (κ1) is 15.5. The maximum Gasteiger partial charge on any atom is 0.147 e. The third kappa shape index (κ3) is 4.85. The highest BCUT2D eigenvalue weighted by Gasteiger charge is 2.46. The average Bonchev–Trinajstić information content (AvgIpc) is 2.27. The van der Waals surface area contributed by atoms with Crippen molar-refractivity contribution in [2.24, 2.45) is 5.41 Å². The van der Waals surface area contributed by atoms with E-state index in [1.807, 2.05) is 0 Å². The molecule has 0 aliphatic heterocycles. The molecule has 2 aliphatic rings. The highest BCUT2D eigenvalue weighted by molar-refractivity contribution is 6.76. The van der Waals surface area contributed by atoms with Crippen molar-refractivity contribution in [2.75, 3.05) is 13.4 Å². The van der Waals surface area contributed by atoms with Crippen molar-refractivity contribution in [1.29, 1.82) is 0 Å². The summed E-state index contributed by atoms with van der Waals surface area (Å²) < 4.78 is 11.4. The lowest BCUT2D eigenvalue weighted by atomic mass is 9.59. The first-order chi connectivity index (χ1) is 8.89. The van der Waals surface area contributed by atoms with E-state index in [1.165, 1.54) is 31.7 Å². The molecule has 2 saturated carbocycles. The molecule has 0 aromatic rings. The summed E-state index contributed by atoms with van der Waals surface area (Å²) in [6, 6.07) is 1.21. The van der Waals surface area contributed by atoms with Crippen LogP contribution in [0.1, 0.15) is 38.5 Å². The summed E-state index contributed by atoms with van der Waals surface area (Å²) in [7, 11) is -0.971. The molecule has 112 valence electrons. The highest BCUT2D eigenvalue weighted by Crippen LogP contribution is 2.52. The van der Waals surface area contributed by atoms with E-state index in [0.29, 0.717) is 18.3 Å². The molecule has 19 heavy (non-hydrogen) atoms. The predicted molar refractivity (Wildman–Crippen MR) is 80.0 cm³/mol. The van der Waals surface area contributed by atoms with Crippen LogP contribution in [0, 0.1) is 5.41 Å². The molecule has 2 rings (SSSR count). The monoisotopic (exact) mass is 286 g/mol. The number of ether oxygens (including phenoxy) is 2. The SMILES string of the molecule is C[Si](C)(C)CCOCOC1CC2(CCC(O)CC2)C1. The van der Waals surface area contributed by atoms with Crippen molar-refractivity contribution in [1.82, 2.24) is 0 Å². The van der Waals surface area contributed by atoms with Gasteiger partial charge in [-0.2, -0.15) is 0 Å². The number of rotatable bonds is 6. The lowest BCUT2D eigenvalue weighted by molar-refractivity contribution is -0.160. The van der Waals surface area contributed by atoms with Gasteiger partial charge in [0.2, 0.25) is 0 Å². The van der Waals surface area contributed by atoms with Crippen molar-refractivity contribution < 1.29 is 14.6 Å². The van der Waals surface area contributed by atoms with Gasteiger partial charge in [0, 0.05) is 14.7 Å². The van der Waals surface area contributed by atoms with Gasteiger partial charge < -0.3 is 14.6 Å². The number of aliphatic hydroxyl groups excluding tert-OH is 1. The summed E-state index contributed by atoms with van der Waals surface area (Å²) in [6.07, 6.45) is 7.06. The third-order valence-electron chi connectivity index (χ3n) is 4.72. The molecule has 0 aromatic carbocycles. The molecule has 1 N–H and O–H groups in total. The highest BCUT2D eigenvalue weighted by atomic mass is 28.3. The van der Waals surface area contributed by atoms with Gasteiger partial charge in [0.1, 0.15) is 6.79 Å². The van der Waals surface area contributed by atoms with Crippen LogP contribution in [0.15, 0.2) is 0 Å². The Kier molecular flexibility index (Phi) is 5.09. The molecule has 0 aromatic heterocycles. The van der Waals surface area contributed by atoms with Crippen LogP contribution in [0.3, 0.4) is 0 Å². The Balaban J connectivity index is 1.51. The quantitative estimate of drug-likeness (QED) is 0.462. The summed E-state index contributed by atoms with van der Waals surface area (Å²) in [6.45, 7) is 8.41. The van der Waals surface area contributed by atoms with Gasteiger partial charge in [0.15, 0.2) is 0 Å². The van der Waals surface area contributed by atoms with Crippen LogP contribution in [-0.4, -0.2) is 38.8 Å². The summed E-state index contributed by atoms with van der Waals surface area (Å²) in [5.74, 6) is 0. The lowest BCUT2D eigenvalue weighted by Gasteiger charge is -2.50. The Labute approximate surface area is 118 Å². The second kappa shape index (κ2) is 6.25. The number of hydrogen-bond donors (Lipinski definition) is 1. The van der Waals surface area contributed by atoms with Crippen LogP contribution in [0.25, 0.3) is 0 Å². The van der Waals surface area contributed by atoms with Gasteiger partial charge in [-0.1, -0.05) is 19.6 Å². The smallest absolute Gasteiger partial charge is 0.147 e. The van der Waals surface area contributed by atoms with Crippen LogP contribution in [0.4, 0.5) is 0 Å². The van der Waals surface area contributed by atoms with Gasteiger partial charge in [-0.3, -0.25) is 0 Å². The first-order valence-corrected chi connectivity index (χ1v) is 11.5. The molecule has 0 amide bonds. The van der Waals surface area contributed by atoms with E-state index in [-0.39, 0.29) is 6.10 Å². The summed E-state index contributed by atoms with van der Waals surface area (Å²) in [5.41, 5.74) is 0.502. The molecule has 0 heterocycles. The second-order valence-corrected chi connectivity index (χ2v) is 13.4. The minimum Gasteiger partial charge on any atom is -0.393 e. The maximum absolute atomic E-state index is 9.55. The summed E-state index contributed by atoms with van der Waals surface area (Å²) in [5, 5.41) is 9.55. The summed E-state index contributed by atoms with van der Waals surface area (Å²) >= 11 is 0. The fraction of sp³-hybridized carbons (Fsp3) is 1.00. The first-order valence-electron chi connectivity index (χ1n) is 7.76. The molecule has 2 fully saturated rings. The average molecular weight is 286 g/mol. The second-order valence-electron chi connectivity index (χ2n) is 7.76. The Morgan fingerprint density at radius 3 is 2.37 bits per heavy atom. The van der Waals surface area contributed by atoms with Crippen molar-refractivity contribution in [2.45, 2.75) is 76.4 Å². The van der Waals surface area contributed by atoms with Gasteiger partial charge in [0.25, 0.3) is 0 Å². The molecular weight excluding hydrogens is 256 g/mol. The zero-order chi connectivity index (χ0) is 13.9. The van der Waals surface area contributed by atoms with Crippen molar-refractivity contribution in [3.8, 4) is 0 Å². The van der Waals surface area contributed by atoms with Crippen molar-refractivity contribution in [3.05, 3.63) is 0 Å². The molecule has 0 bridgehead atoms. The summed E-state index contributed by atoms with van der Waals surface area (Å²) in [4.78, 5) is 0. The molecule has 4 heteroatoms.